The largest absolute Gasteiger partial charge is 0.495 e. The number of halogens is 1. The quantitative estimate of drug-likeness (QED) is 0.528. The van der Waals surface area contributed by atoms with Crippen molar-refractivity contribution in [2.45, 2.75) is 50.7 Å². The Morgan fingerprint density at radius 2 is 1.93 bits per heavy atom. The number of nitrogens with one attached hydrogen (secondary N) is 1. The second-order valence-corrected chi connectivity index (χ2v) is 7.98. The van der Waals surface area contributed by atoms with Gasteiger partial charge < -0.3 is 25.3 Å². The minimum absolute atomic E-state index is 0. The van der Waals surface area contributed by atoms with Gasteiger partial charge in [0.2, 0.25) is 0 Å². The number of hydrogen-bond donors (Lipinski definition) is 3. The lowest BCUT2D eigenvalue weighted by Gasteiger charge is -2.26. The summed E-state index contributed by atoms with van der Waals surface area (Å²) in [5.41, 5.74) is 8.01. The molecular weight excluding hydrogens is 404 g/mol. The van der Waals surface area contributed by atoms with Crippen LogP contribution in [0.15, 0.2) is 40.8 Å². The zero-order valence-electron chi connectivity index (χ0n) is 17.1. The van der Waals surface area contributed by atoms with Crippen molar-refractivity contribution in [1.82, 2.24) is 0 Å². The van der Waals surface area contributed by atoms with Gasteiger partial charge in [-0.25, -0.2) is 0 Å². The fourth-order valence-corrected chi connectivity index (χ4v) is 4.36. The third kappa shape index (κ3) is 4.56. The number of fused-ring (bicyclic) bond motifs is 3. The summed E-state index contributed by atoms with van der Waals surface area (Å²) in [6.07, 6.45) is 5.31. The fraction of sp³-hybridized carbons (Fsp3) is 0.435. The molecule has 1 aromatic heterocycles. The average Bonchev–Trinajstić information content (AvgIpc) is 3.10. The van der Waals surface area contributed by atoms with Crippen molar-refractivity contribution in [2.75, 3.05) is 12.4 Å². The van der Waals surface area contributed by atoms with Gasteiger partial charge in [0.15, 0.2) is 0 Å². The zero-order chi connectivity index (χ0) is 20.4. The maximum atomic E-state index is 12.6. The molecule has 1 unspecified atom stereocenters. The molecule has 4 N–H and O–H groups in total. The third-order valence-corrected chi connectivity index (χ3v) is 5.96. The van der Waals surface area contributed by atoms with Crippen LogP contribution in [0, 0.1) is 5.92 Å². The molecule has 3 aromatic rings. The normalized spacial score (nSPS) is 16.8. The van der Waals surface area contributed by atoms with Crippen molar-refractivity contribution in [3.05, 3.63) is 36.4 Å². The summed E-state index contributed by atoms with van der Waals surface area (Å²) in [5, 5.41) is 15.1. The summed E-state index contributed by atoms with van der Waals surface area (Å²) in [6.45, 7) is 0. The summed E-state index contributed by atoms with van der Waals surface area (Å²) >= 11 is 0. The Morgan fingerprint density at radius 1 is 1.20 bits per heavy atom. The van der Waals surface area contributed by atoms with Crippen LogP contribution in [-0.4, -0.2) is 30.3 Å². The Balaban J connectivity index is 0.00000256. The van der Waals surface area contributed by atoms with E-state index < -0.39 is 18.1 Å². The fourth-order valence-electron chi connectivity index (χ4n) is 4.36. The molecule has 4 rings (SSSR count). The molecule has 30 heavy (non-hydrogen) atoms. The lowest BCUT2D eigenvalue weighted by atomic mass is 9.84. The third-order valence-electron chi connectivity index (χ3n) is 5.96. The van der Waals surface area contributed by atoms with Crippen LogP contribution in [-0.2, 0) is 4.79 Å². The minimum atomic E-state index is -1.27. The van der Waals surface area contributed by atoms with Gasteiger partial charge in [-0.1, -0.05) is 50.3 Å². The van der Waals surface area contributed by atoms with Crippen LogP contribution < -0.4 is 15.8 Å². The van der Waals surface area contributed by atoms with E-state index in [9.17, 15) is 9.90 Å². The van der Waals surface area contributed by atoms with Crippen molar-refractivity contribution in [1.29, 1.82) is 0 Å². The van der Waals surface area contributed by atoms with Crippen molar-refractivity contribution >= 4 is 45.9 Å². The van der Waals surface area contributed by atoms with Crippen molar-refractivity contribution in [3.63, 3.8) is 0 Å². The van der Waals surface area contributed by atoms with E-state index in [1.807, 2.05) is 30.3 Å². The predicted molar refractivity (Wildman–Crippen MR) is 121 cm³/mol. The Bertz CT molecular complexity index is 1010. The standard InChI is InChI=1S/C23H28N2O4.ClH/c1-28-21-12-16-15-9-5-6-10-19(15)29-20(16)13-18(21)25-23(27)22(26)17(24)11-14-7-3-2-4-8-14;/h5-6,9-10,12-14,17,22,26H,2-4,7-8,11,24H2,1H3,(H,25,27);1H/t17-,22?;/m1./s1. The average molecular weight is 433 g/mol. The number of carbonyl (C=O) groups excluding carboxylic acids is 1. The van der Waals surface area contributed by atoms with E-state index in [-0.39, 0.29) is 12.4 Å². The Morgan fingerprint density at radius 3 is 2.67 bits per heavy atom. The van der Waals surface area contributed by atoms with Gasteiger partial charge in [0.25, 0.3) is 5.91 Å². The minimum Gasteiger partial charge on any atom is -0.495 e. The van der Waals surface area contributed by atoms with Crippen LogP contribution in [0.5, 0.6) is 5.75 Å². The van der Waals surface area contributed by atoms with Crippen LogP contribution in [0.3, 0.4) is 0 Å². The molecule has 0 spiro atoms. The van der Waals surface area contributed by atoms with Gasteiger partial charge in [-0.2, -0.15) is 0 Å². The first kappa shape index (κ1) is 22.4. The van der Waals surface area contributed by atoms with E-state index in [4.69, 9.17) is 14.9 Å². The molecule has 0 aliphatic heterocycles. The number of aliphatic hydroxyl groups excluding tert-OH is 1. The van der Waals surface area contributed by atoms with E-state index in [1.54, 1.807) is 13.2 Å². The van der Waals surface area contributed by atoms with Crippen molar-refractivity contribution in [2.24, 2.45) is 11.7 Å². The van der Waals surface area contributed by atoms with E-state index in [0.29, 0.717) is 29.4 Å². The van der Waals surface area contributed by atoms with E-state index in [0.717, 1.165) is 29.2 Å². The number of nitrogens with two attached hydrogens (primary N) is 1. The van der Waals surface area contributed by atoms with Crippen molar-refractivity contribution in [3.8, 4) is 5.75 Å². The first-order valence-electron chi connectivity index (χ1n) is 10.3. The molecule has 1 saturated carbocycles. The lowest BCUT2D eigenvalue weighted by molar-refractivity contribution is -0.125. The summed E-state index contributed by atoms with van der Waals surface area (Å²) in [7, 11) is 1.55. The highest BCUT2D eigenvalue weighted by Crippen LogP contribution is 2.36. The zero-order valence-corrected chi connectivity index (χ0v) is 17.9. The number of benzene rings is 2. The number of hydrogen-bond acceptors (Lipinski definition) is 5. The Hall–Kier alpha value is -2.28. The van der Waals surface area contributed by atoms with Crippen LogP contribution in [0.4, 0.5) is 5.69 Å². The molecule has 1 heterocycles. The Labute approximate surface area is 182 Å². The van der Waals surface area contributed by atoms with E-state index in [2.05, 4.69) is 5.32 Å². The molecule has 6 nitrogen and oxygen atoms in total. The second kappa shape index (κ2) is 9.69. The molecule has 1 aliphatic rings. The SMILES string of the molecule is COc1cc2c(cc1NC(=O)C(O)[C@H](N)CC1CCCCC1)oc1ccccc12.Cl. The number of methoxy groups -OCH3 is 1. The van der Waals surface area contributed by atoms with Gasteiger partial charge in [-0.3, -0.25) is 4.79 Å². The second-order valence-electron chi connectivity index (χ2n) is 7.98. The van der Waals surface area contributed by atoms with Gasteiger partial charge in [-0.05, 0) is 24.5 Å². The van der Waals surface area contributed by atoms with Gasteiger partial charge >= 0.3 is 0 Å². The van der Waals surface area contributed by atoms with E-state index >= 15 is 0 Å². The first-order chi connectivity index (χ1) is 14.1. The predicted octanol–water partition coefficient (Wildman–Crippen LogP) is 4.61. The monoisotopic (exact) mass is 432 g/mol. The molecule has 162 valence electrons. The van der Waals surface area contributed by atoms with Gasteiger partial charge in [-0.15, -0.1) is 12.4 Å². The molecule has 1 amide bonds. The topological polar surface area (TPSA) is 97.7 Å². The maximum Gasteiger partial charge on any atom is 0.254 e. The highest BCUT2D eigenvalue weighted by Gasteiger charge is 2.27. The van der Waals surface area contributed by atoms with Crippen LogP contribution >= 0.6 is 12.4 Å². The van der Waals surface area contributed by atoms with Gasteiger partial charge in [0.05, 0.1) is 12.8 Å². The maximum absolute atomic E-state index is 12.6. The van der Waals surface area contributed by atoms with Crippen LogP contribution in [0.2, 0.25) is 0 Å². The lowest BCUT2D eigenvalue weighted by Crippen LogP contribution is -2.44. The molecule has 0 saturated heterocycles. The molecule has 0 radical (unpaired) electrons. The van der Waals surface area contributed by atoms with Crippen LogP contribution in [0.25, 0.3) is 21.9 Å². The van der Waals surface area contributed by atoms with Gasteiger partial charge in [0.1, 0.15) is 23.0 Å². The molecular formula is C23H29ClN2O4. The molecule has 2 aromatic carbocycles. The smallest absolute Gasteiger partial charge is 0.254 e. The molecule has 1 fully saturated rings. The number of ether oxygens (including phenoxy) is 1. The van der Waals surface area contributed by atoms with Crippen LogP contribution in [0.1, 0.15) is 38.5 Å². The van der Waals surface area contributed by atoms with Crippen molar-refractivity contribution < 1.29 is 19.1 Å². The number of aliphatic hydroxyl groups is 1. The highest BCUT2D eigenvalue weighted by molar-refractivity contribution is 6.08. The summed E-state index contributed by atoms with van der Waals surface area (Å²) in [6, 6.07) is 10.7. The summed E-state index contributed by atoms with van der Waals surface area (Å²) < 4.78 is 11.4. The number of amides is 1. The summed E-state index contributed by atoms with van der Waals surface area (Å²) in [5.74, 6) is 0.468. The number of carbonyl (C=O) groups is 1. The van der Waals surface area contributed by atoms with Gasteiger partial charge in [0, 0.05) is 22.9 Å². The summed E-state index contributed by atoms with van der Waals surface area (Å²) in [4.78, 5) is 12.6. The number of para-hydroxylation sites is 1. The number of furan rings is 1. The molecule has 1 aliphatic carbocycles. The molecule has 2 atom stereocenters. The highest BCUT2D eigenvalue weighted by atomic mass is 35.5. The molecule has 0 bridgehead atoms. The van der Waals surface area contributed by atoms with E-state index in [1.165, 1.54) is 19.3 Å². The number of rotatable bonds is 6. The number of anilines is 1. The Kier molecular flexibility index (Phi) is 7.23. The molecule has 7 heteroatoms. The first-order valence-corrected chi connectivity index (χ1v) is 10.3.